The summed E-state index contributed by atoms with van der Waals surface area (Å²) < 4.78 is 0. The molecule has 1 fully saturated rings. The van der Waals surface area contributed by atoms with Gasteiger partial charge in [-0.15, -0.1) is 0 Å². The molecule has 96 valence electrons. The van der Waals surface area contributed by atoms with Crippen LogP contribution in [-0.4, -0.2) is 38.5 Å². The number of anilines is 1. The summed E-state index contributed by atoms with van der Waals surface area (Å²) in [7, 11) is 3.52. The van der Waals surface area contributed by atoms with Crippen LogP contribution >= 0.6 is 0 Å². The lowest BCUT2D eigenvalue weighted by Gasteiger charge is -2.18. The fraction of sp³-hybridized carbons (Fsp3) is 0.385. The molecule has 1 aliphatic heterocycles. The monoisotopic (exact) mass is 246 g/mol. The molecule has 1 unspecified atom stereocenters. The minimum Gasteiger partial charge on any atom is -0.359 e. The minimum absolute atomic E-state index is 0.101. The van der Waals surface area contributed by atoms with E-state index in [2.05, 4.69) is 15.6 Å². The van der Waals surface area contributed by atoms with Crippen molar-refractivity contribution in [1.82, 2.24) is 10.6 Å². The van der Waals surface area contributed by atoms with Crippen molar-refractivity contribution in [2.24, 2.45) is 4.99 Å². The Morgan fingerprint density at radius 3 is 2.72 bits per heavy atom. The first-order chi connectivity index (χ1) is 8.74. The van der Waals surface area contributed by atoms with Crippen molar-refractivity contribution in [3.05, 3.63) is 30.3 Å². The predicted octanol–water partition coefficient (Wildman–Crippen LogP) is 0.587. The van der Waals surface area contributed by atoms with Crippen molar-refractivity contribution in [3.63, 3.8) is 0 Å². The first kappa shape index (κ1) is 12.4. The Morgan fingerprint density at radius 2 is 2.11 bits per heavy atom. The highest BCUT2D eigenvalue weighted by Crippen LogP contribution is 2.20. The zero-order valence-electron chi connectivity index (χ0n) is 10.7. The average Bonchev–Trinajstić information content (AvgIpc) is 2.78. The fourth-order valence-electron chi connectivity index (χ4n) is 2.10. The molecule has 1 aromatic carbocycles. The van der Waals surface area contributed by atoms with E-state index in [0.717, 1.165) is 5.69 Å². The van der Waals surface area contributed by atoms with E-state index in [9.17, 15) is 4.79 Å². The van der Waals surface area contributed by atoms with E-state index < -0.39 is 0 Å². The van der Waals surface area contributed by atoms with Gasteiger partial charge in [0.1, 0.15) is 0 Å². The van der Waals surface area contributed by atoms with E-state index in [1.165, 1.54) is 0 Å². The van der Waals surface area contributed by atoms with Gasteiger partial charge in [-0.1, -0.05) is 18.2 Å². The molecule has 2 N–H and O–H groups in total. The molecule has 0 spiro atoms. The number of para-hydroxylation sites is 1. The molecule has 5 nitrogen and oxygen atoms in total. The fourth-order valence-corrected chi connectivity index (χ4v) is 2.10. The second-order valence-electron chi connectivity index (χ2n) is 4.21. The van der Waals surface area contributed by atoms with E-state index in [1.54, 1.807) is 19.0 Å². The SMILES string of the molecule is CN=C(NC)NC1CC(=O)N(c2ccccc2)C1. The summed E-state index contributed by atoms with van der Waals surface area (Å²) in [4.78, 5) is 17.8. The lowest BCUT2D eigenvalue weighted by molar-refractivity contribution is -0.117. The smallest absolute Gasteiger partial charge is 0.229 e. The summed E-state index contributed by atoms with van der Waals surface area (Å²) in [5, 5.41) is 6.18. The standard InChI is InChI=1S/C13H18N4O/c1-14-13(15-2)16-10-8-12(18)17(9-10)11-6-4-3-5-7-11/h3-7,10H,8-9H2,1-2H3,(H2,14,15,16). The van der Waals surface area contributed by atoms with Crippen molar-refractivity contribution in [2.75, 3.05) is 25.5 Å². The Kier molecular flexibility index (Phi) is 3.82. The van der Waals surface area contributed by atoms with Crippen molar-refractivity contribution in [1.29, 1.82) is 0 Å². The summed E-state index contributed by atoms with van der Waals surface area (Å²) in [6.07, 6.45) is 0.496. The molecule has 0 saturated carbocycles. The van der Waals surface area contributed by atoms with Gasteiger partial charge in [-0.3, -0.25) is 9.79 Å². The topological polar surface area (TPSA) is 56.7 Å². The molecule has 2 rings (SSSR count). The number of hydrogen-bond donors (Lipinski definition) is 2. The quantitative estimate of drug-likeness (QED) is 0.593. The number of carbonyl (C=O) groups excluding carboxylic acids is 1. The maximum absolute atomic E-state index is 12.0. The number of guanidine groups is 1. The molecular weight excluding hydrogens is 228 g/mol. The summed E-state index contributed by atoms with van der Waals surface area (Å²) in [5.41, 5.74) is 0.950. The summed E-state index contributed by atoms with van der Waals surface area (Å²) in [5.74, 6) is 0.855. The van der Waals surface area contributed by atoms with Gasteiger partial charge in [0.2, 0.25) is 5.91 Å². The normalized spacial score (nSPS) is 20.1. The number of aliphatic imine (C=N–C) groups is 1. The number of amides is 1. The van der Waals surface area contributed by atoms with Crippen molar-refractivity contribution < 1.29 is 4.79 Å². The molecule has 1 atom stereocenters. The lowest BCUT2D eigenvalue weighted by atomic mass is 10.2. The maximum Gasteiger partial charge on any atom is 0.229 e. The highest BCUT2D eigenvalue weighted by Gasteiger charge is 2.30. The van der Waals surface area contributed by atoms with Gasteiger partial charge in [-0.05, 0) is 12.1 Å². The van der Waals surface area contributed by atoms with E-state index in [4.69, 9.17) is 0 Å². The molecule has 0 aliphatic carbocycles. The van der Waals surface area contributed by atoms with Crippen LogP contribution in [0.4, 0.5) is 5.69 Å². The van der Waals surface area contributed by atoms with Crippen LogP contribution in [0.5, 0.6) is 0 Å². The molecule has 0 radical (unpaired) electrons. The number of nitrogens with zero attached hydrogens (tertiary/aromatic N) is 2. The van der Waals surface area contributed by atoms with Gasteiger partial charge < -0.3 is 15.5 Å². The Morgan fingerprint density at radius 1 is 1.39 bits per heavy atom. The van der Waals surface area contributed by atoms with Crippen LogP contribution < -0.4 is 15.5 Å². The van der Waals surface area contributed by atoms with Crippen LogP contribution in [0.15, 0.2) is 35.3 Å². The summed E-state index contributed by atoms with van der Waals surface area (Å²) >= 11 is 0. The first-order valence-electron chi connectivity index (χ1n) is 6.01. The van der Waals surface area contributed by atoms with E-state index in [1.807, 2.05) is 30.3 Å². The molecule has 1 aliphatic rings. The number of benzene rings is 1. The van der Waals surface area contributed by atoms with Gasteiger partial charge in [0.05, 0.1) is 6.04 Å². The van der Waals surface area contributed by atoms with E-state index >= 15 is 0 Å². The number of nitrogens with one attached hydrogen (secondary N) is 2. The molecule has 0 bridgehead atoms. The van der Waals surface area contributed by atoms with Gasteiger partial charge in [0, 0.05) is 32.7 Å². The first-order valence-corrected chi connectivity index (χ1v) is 6.01. The lowest BCUT2D eigenvalue weighted by Crippen LogP contribution is -2.43. The molecule has 1 saturated heterocycles. The van der Waals surface area contributed by atoms with E-state index in [0.29, 0.717) is 18.9 Å². The third-order valence-corrected chi connectivity index (χ3v) is 2.99. The third-order valence-electron chi connectivity index (χ3n) is 2.99. The van der Waals surface area contributed by atoms with Gasteiger partial charge in [-0.25, -0.2) is 0 Å². The van der Waals surface area contributed by atoms with Crippen LogP contribution in [0.2, 0.25) is 0 Å². The van der Waals surface area contributed by atoms with E-state index in [-0.39, 0.29) is 11.9 Å². The Labute approximate surface area is 107 Å². The largest absolute Gasteiger partial charge is 0.359 e. The molecule has 18 heavy (non-hydrogen) atoms. The van der Waals surface area contributed by atoms with Crippen LogP contribution in [0.3, 0.4) is 0 Å². The molecular formula is C13H18N4O. The van der Waals surface area contributed by atoms with Crippen LogP contribution in [0.1, 0.15) is 6.42 Å². The van der Waals surface area contributed by atoms with Gasteiger partial charge in [0.25, 0.3) is 0 Å². The Bertz CT molecular complexity index is 444. The van der Waals surface area contributed by atoms with Crippen molar-refractivity contribution in [3.8, 4) is 0 Å². The molecule has 5 heteroatoms. The van der Waals surface area contributed by atoms with Crippen LogP contribution in [0, 0.1) is 0 Å². The highest BCUT2D eigenvalue weighted by atomic mass is 16.2. The van der Waals surface area contributed by atoms with Gasteiger partial charge >= 0.3 is 0 Å². The van der Waals surface area contributed by atoms with Gasteiger partial charge in [0.15, 0.2) is 5.96 Å². The summed E-state index contributed by atoms with van der Waals surface area (Å²) in [6, 6.07) is 9.83. The number of carbonyl (C=O) groups is 1. The molecule has 1 heterocycles. The Hall–Kier alpha value is -2.04. The van der Waals surface area contributed by atoms with Crippen LogP contribution in [-0.2, 0) is 4.79 Å². The predicted molar refractivity (Wildman–Crippen MR) is 72.8 cm³/mol. The maximum atomic E-state index is 12.0. The zero-order chi connectivity index (χ0) is 13.0. The third kappa shape index (κ3) is 2.61. The highest BCUT2D eigenvalue weighted by molar-refractivity contribution is 5.96. The number of hydrogen-bond acceptors (Lipinski definition) is 2. The zero-order valence-corrected chi connectivity index (χ0v) is 10.7. The van der Waals surface area contributed by atoms with Gasteiger partial charge in [-0.2, -0.15) is 0 Å². The van der Waals surface area contributed by atoms with Crippen LogP contribution in [0.25, 0.3) is 0 Å². The van der Waals surface area contributed by atoms with Crippen molar-refractivity contribution >= 4 is 17.6 Å². The Balaban J connectivity index is 2.04. The second-order valence-corrected chi connectivity index (χ2v) is 4.21. The molecule has 0 aromatic heterocycles. The number of rotatable bonds is 2. The average molecular weight is 246 g/mol. The van der Waals surface area contributed by atoms with Crippen molar-refractivity contribution in [2.45, 2.75) is 12.5 Å². The molecule has 1 aromatic rings. The minimum atomic E-state index is 0.101. The second kappa shape index (κ2) is 5.53. The molecule has 1 amide bonds. The summed E-state index contributed by atoms with van der Waals surface area (Å²) in [6.45, 7) is 0.670.